The van der Waals surface area contributed by atoms with E-state index in [1.807, 2.05) is 4.90 Å². The number of likely N-dealkylation sites (tertiary alicyclic amines) is 1. The van der Waals surface area contributed by atoms with Gasteiger partial charge in [-0.15, -0.1) is 12.4 Å². The molecule has 1 saturated heterocycles. The Morgan fingerprint density at radius 1 is 1.17 bits per heavy atom. The highest BCUT2D eigenvalue weighted by Crippen LogP contribution is 2.39. The van der Waals surface area contributed by atoms with Crippen LogP contribution in [-0.2, 0) is 4.79 Å². The second kappa shape index (κ2) is 9.37. The number of unbranched alkanes of at least 4 members (excludes halogenated alkanes) is 3. The van der Waals surface area contributed by atoms with E-state index in [0.29, 0.717) is 12.3 Å². The molecule has 1 aliphatic carbocycles. The Kier molecular flexibility index (Phi) is 7.49. The number of rotatable bonds is 8. The van der Waals surface area contributed by atoms with Gasteiger partial charge >= 0.3 is 0 Å². The van der Waals surface area contributed by atoms with E-state index in [4.69, 9.17) is 10.3 Å². The molecule has 1 aliphatic heterocycles. The van der Waals surface area contributed by atoms with Gasteiger partial charge in [0, 0.05) is 31.3 Å². The summed E-state index contributed by atoms with van der Waals surface area (Å²) in [6, 6.07) is 0. The lowest BCUT2D eigenvalue weighted by atomic mass is 9.97. The summed E-state index contributed by atoms with van der Waals surface area (Å²) in [5.41, 5.74) is 5.49. The number of halogens is 1. The smallest absolute Gasteiger partial charge is 0.229 e. The first kappa shape index (κ1) is 19.2. The lowest BCUT2D eigenvalue weighted by Gasteiger charge is -2.31. The summed E-state index contributed by atoms with van der Waals surface area (Å²) in [4.78, 5) is 18.9. The van der Waals surface area contributed by atoms with Crippen molar-refractivity contribution in [1.29, 1.82) is 0 Å². The molecule has 1 atom stereocenters. The predicted molar refractivity (Wildman–Crippen MR) is 94.2 cm³/mol. The number of carbonyl (C=O) groups is 1. The Morgan fingerprint density at radius 3 is 2.71 bits per heavy atom. The highest BCUT2D eigenvalue weighted by Gasteiger charge is 2.32. The Hall–Kier alpha value is -1.14. The molecule has 0 bridgehead atoms. The third-order valence-electron chi connectivity index (χ3n) is 4.87. The molecule has 24 heavy (non-hydrogen) atoms. The number of aromatic nitrogens is 2. The molecule has 1 amide bonds. The highest BCUT2D eigenvalue weighted by atomic mass is 35.5. The zero-order valence-electron chi connectivity index (χ0n) is 14.3. The molecule has 2 fully saturated rings. The number of hydrogen-bond donors (Lipinski definition) is 1. The minimum atomic E-state index is 0. The lowest BCUT2D eigenvalue weighted by molar-refractivity contribution is -0.132. The van der Waals surface area contributed by atoms with Crippen molar-refractivity contribution in [1.82, 2.24) is 15.0 Å². The van der Waals surface area contributed by atoms with Gasteiger partial charge < -0.3 is 15.2 Å². The average Bonchev–Trinajstić information content (AvgIpc) is 3.31. The van der Waals surface area contributed by atoms with Crippen molar-refractivity contribution in [2.45, 2.75) is 69.6 Å². The molecule has 1 aromatic heterocycles. The van der Waals surface area contributed by atoms with E-state index in [2.05, 4.69) is 10.1 Å². The third-order valence-corrected chi connectivity index (χ3v) is 4.87. The number of amides is 1. The van der Waals surface area contributed by atoms with Crippen molar-refractivity contribution in [3.8, 4) is 0 Å². The molecule has 1 unspecified atom stereocenters. The van der Waals surface area contributed by atoms with Crippen LogP contribution in [0.1, 0.15) is 81.3 Å². The fraction of sp³-hybridized carbons (Fsp3) is 0.824. The molecule has 2 heterocycles. The maximum atomic E-state index is 12.4. The van der Waals surface area contributed by atoms with Gasteiger partial charge in [-0.05, 0) is 45.1 Å². The van der Waals surface area contributed by atoms with Gasteiger partial charge in [0.15, 0.2) is 5.82 Å². The summed E-state index contributed by atoms with van der Waals surface area (Å²) < 4.78 is 5.37. The van der Waals surface area contributed by atoms with Crippen LogP contribution in [0.2, 0.25) is 0 Å². The van der Waals surface area contributed by atoms with E-state index in [9.17, 15) is 4.79 Å². The first-order chi connectivity index (χ1) is 11.3. The predicted octanol–water partition coefficient (Wildman–Crippen LogP) is 2.98. The van der Waals surface area contributed by atoms with Crippen LogP contribution in [0.25, 0.3) is 0 Å². The van der Waals surface area contributed by atoms with Crippen LogP contribution in [-0.4, -0.2) is 40.6 Å². The molecule has 1 saturated carbocycles. The first-order valence-corrected chi connectivity index (χ1v) is 9.09. The monoisotopic (exact) mass is 356 g/mol. The molecule has 3 rings (SSSR count). The summed E-state index contributed by atoms with van der Waals surface area (Å²) in [6.45, 7) is 2.35. The fourth-order valence-electron chi connectivity index (χ4n) is 3.26. The number of hydrogen-bond acceptors (Lipinski definition) is 5. The van der Waals surface area contributed by atoms with E-state index in [1.54, 1.807) is 0 Å². The maximum Gasteiger partial charge on any atom is 0.229 e. The Labute approximate surface area is 149 Å². The van der Waals surface area contributed by atoms with Crippen molar-refractivity contribution < 1.29 is 9.32 Å². The third kappa shape index (κ3) is 5.18. The van der Waals surface area contributed by atoms with Gasteiger partial charge in [0.2, 0.25) is 11.8 Å². The van der Waals surface area contributed by atoms with Crippen LogP contribution in [0.5, 0.6) is 0 Å². The lowest BCUT2D eigenvalue weighted by Crippen LogP contribution is -2.39. The largest absolute Gasteiger partial charge is 0.342 e. The van der Waals surface area contributed by atoms with Crippen LogP contribution in [0.4, 0.5) is 0 Å². The fourth-order valence-corrected chi connectivity index (χ4v) is 3.26. The van der Waals surface area contributed by atoms with Crippen molar-refractivity contribution in [2.24, 2.45) is 5.73 Å². The summed E-state index contributed by atoms with van der Waals surface area (Å²) in [5, 5.41) is 4.15. The molecule has 0 aromatic carbocycles. The van der Waals surface area contributed by atoms with E-state index < -0.39 is 0 Å². The molecule has 136 valence electrons. The van der Waals surface area contributed by atoms with Crippen molar-refractivity contribution in [2.75, 3.05) is 19.6 Å². The summed E-state index contributed by atoms with van der Waals surface area (Å²) in [7, 11) is 0. The maximum absolute atomic E-state index is 12.4. The van der Waals surface area contributed by atoms with Crippen molar-refractivity contribution in [3.05, 3.63) is 11.7 Å². The van der Waals surface area contributed by atoms with Gasteiger partial charge in [-0.1, -0.05) is 18.0 Å². The summed E-state index contributed by atoms with van der Waals surface area (Å²) in [5.74, 6) is 2.59. The van der Waals surface area contributed by atoms with Crippen LogP contribution >= 0.6 is 12.4 Å². The molecular formula is C17H29ClN4O2. The van der Waals surface area contributed by atoms with Gasteiger partial charge in [-0.25, -0.2) is 0 Å². The molecule has 7 heteroatoms. The SMILES string of the molecule is Cl.NCCCCCCC(=O)N1CCCC(c2noc(C3CC3)n2)C1. The van der Waals surface area contributed by atoms with Gasteiger partial charge in [0.05, 0.1) is 0 Å². The Morgan fingerprint density at radius 2 is 1.96 bits per heavy atom. The number of nitrogens with zero attached hydrogens (tertiary/aromatic N) is 3. The Bertz CT molecular complexity index is 518. The van der Waals surface area contributed by atoms with Crippen LogP contribution in [0, 0.1) is 0 Å². The number of piperidine rings is 1. The van der Waals surface area contributed by atoms with Gasteiger partial charge in [0.25, 0.3) is 0 Å². The molecule has 6 nitrogen and oxygen atoms in total. The topological polar surface area (TPSA) is 85.3 Å². The minimum Gasteiger partial charge on any atom is -0.342 e. The molecule has 2 aliphatic rings. The number of carbonyl (C=O) groups excluding carboxylic acids is 1. The molecular weight excluding hydrogens is 328 g/mol. The summed E-state index contributed by atoms with van der Waals surface area (Å²) in [6.07, 6.45) is 9.30. The van der Waals surface area contributed by atoms with Crippen LogP contribution < -0.4 is 5.73 Å². The minimum absolute atomic E-state index is 0. The summed E-state index contributed by atoms with van der Waals surface area (Å²) >= 11 is 0. The van der Waals surface area contributed by atoms with Gasteiger partial charge in [-0.2, -0.15) is 4.98 Å². The molecule has 0 radical (unpaired) electrons. The van der Waals surface area contributed by atoms with Crippen LogP contribution in [0.15, 0.2) is 4.52 Å². The average molecular weight is 357 g/mol. The van der Waals surface area contributed by atoms with Gasteiger partial charge in [0.1, 0.15) is 0 Å². The van der Waals surface area contributed by atoms with E-state index >= 15 is 0 Å². The van der Waals surface area contributed by atoms with E-state index in [1.165, 1.54) is 12.8 Å². The molecule has 0 spiro atoms. The van der Waals surface area contributed by atoms with E-state index in [0.717, 1.165) is 69.9 Å². The zero-order chi connectivity index (χ0) is 16.1. The number of nitrogens with two attached hydrogens (primary N) is 1. The Balaban J connectivity index is 0.00000208. The second-order valence-electron chi connectivity index (χ2n) is 6.90. The zero-order valence-corrected chi connectivity index (χ0v) is 15.1. The highest BCUT2D eigenvalue weighted by molar-refractivity contribution is 5.85. The second-order valence-corrected chi connectivity index (χ2v) is 6.90. The quantitative estimate of drug-likeness (QED) is 0.724. The van der Waals surface area contributed by atoms with E-state index in [-0.39, 0.29) is 24.2 Å². The van der Waals surface area contributed by atoms with Crippen LogP contribution in [0.3, 0.4) is 0 Å². The first-order valence-electron chi connectivity index (χ1n) is 9.09. The molecule has 1 aromatic rings. The molecule has 2 N–H and O–H groups in total. The van der Waals surface area contributed by atoms with Crippen molar-refractivity contribution >= 4 is 18.3 Å². The standard InChI is InChI=1S/C17H28N4O2.ClH/c18-10-4-2-1-3-7-15(22)21-11-5-6-14(12-21)16-19-17(23-20-16)13-8-9-13;/h13-14H,1-12,18H2;1H. The van der Waals surface area contributed by atoms with Gasteiger partial charge in [-0.3, -0.25) is 4.79 Å². The van der Waals surface area contributed by atoms with Crippen molar-refractivity contribution in [3.63, 3.8) is 0 Å². The normalized spacial score (nSPS) is 20.7.